The van der Waals surface area contributed by atoms with Crippen molar-refractivity contribution in [1.29, 1.82) is 0 Å². The summed E-state index contributed by atoms with van der Waals surface area (Å²) in [6.07, 6.45) is 4.65. The van der Waals surface area contributed by atoms with E-state index in [2.05, 4.69) is 6.07 Å². The Hall–Kier alpha value is -2.29. The summed E-state index contributed by atoms with van der Waals surface area (Å²) in [4.78, 5) is 12.3. The molecule has 0 fully saturated rings. The molecule has 1 aliphatic carbocycles. The number of hydrogen-bond donors (Lipinski definition) is 0. The molecule has 0 aliphatic heterocycles. The van der Waals surface area contributed by atoms with Crippen molar-refractivity contribution in [3.05, 3.63) is 59.2 Å². The molecule has 3 nitrogen and oxygen atoms in total. The Kier molecular flexibility index (Phi) is 4.42. The molecule has 22 heavy (non-hydrogen) atoms. The van der Waals surface area contributed by atoms with E-state index in [1.165, 1.54) is 24.0 Å². The van der Waals surface area contributed by atoms with Gasteiger partial charge in [-0.05, 0) is 74.1 Å². The number of hydrogen-bond acceptors (Lipinski definition) is 3. The minimum Gasteiger partial charge on any atom is -0.494 e. The summed E-state index contributed by atoms with van der Waals surface area (Å²) < 4.78 is 10.9. The predicted octanol–water partition coefficient (Wildman–Crippen LogP) is 4.18. The Morgan fingerprint density at radius 2 is 1.82 bits per heavy atom. The van der Waals surface area contributed by atoms with Gasteiger partial charge in [0.25, 0.3) is 0 Å². The van der Waals surface area contributed by atoms with Crippen molar-refractivity contribution in [1.82, 2.24) is 0 Å². The lowest BCUT2D eigenvalue weighted by molar-refractivity contribution is 0.0734. The van der Waals surface area contributed by atoms with Crippen LogP contribution in [0.2, 0.25) is 0 Å². The van der Waals surface area contributed by atoms with Crippen LogP contribution in [-0.2, 0) is 12.8 Å². The average Bonchev–Trinajstić information content (AvgIpc) is 2.55. The lowest BCUT2D eigenvalue weighted by Gasteiger charge is -2.16. The molecule has 1 aliphatic rings. The van der Waals surface area contributed by atoms with Crippen LogP contribution in [0, 0.1) is 0 Å². The highest BCUT2D eigenvalue weighted by atomic mass is 16.5. The van der Waals surface area contributed by atoms with Crippen molar-refractivity contribution in [2.24, 2.45) is 0 Å². The van der Waals surface area contributed by atoms with Crippen molar-refractivity contribution in [2.45, 2.75) is 32.6 Å². The van der Waals surface area contributed by atoms with E-state index in [1.54, 1.807) is 18.2 Å². The summed E-state index contributed by atoms with van der Waals surface area (Å²) in [5.74, 6) is 0.951. The fourth-order valence-corrected chi connectivity index (χ4v) is 2.82. The zero-order valence-corrected chi connectivity index (χ0v) is 12.8. The fourth-order valence-electron chi connectivity index (χ4n) is 2.82. The van der Waals surface area contributed by atoms with E-state index in [4.69, 9.17) is 9.47 Å². The first kappa shape index (κ1) is 14.6. The van der Waals surface area contributed by atoms with Gasteiger partial charge in [0.05, 0.1) is 12.2 Å². The molecule has 0 amide bonds. The highest BCUT2D eigenvalue weighted by molar-refractivity contribution is 5.91. The number of carbonyl (C=O) groups excluding carboxylic acids is 1. The van der Waals surface area contributed by atoms with E-state index in [0.717, 1.165) is 12.8 Å². The van der Waals surface area contributed by atoms with Gasteiger partial charge in [-0.1, -0.05) is 12.1 Å². The molecule has 0 atom stereocenters. The van der Waals surface area contributed by atoms with Crippen LogP contribution in [0.15, 0.2) is 42.5 Å². The Morgan fingerprint density at radius 1 is 1.00 bits per heavy atom. The number of aryl methyl sites for hydroxylation is 2. The van der Waals surface area contributed by atoms with Crippen LogP contribution in [-0.4, -0.2) is 12.6 Å². The zero-order chi connectivity index (χ0) is 15.4. The monoisotopic (exact) mass is 296 g/mol. The molecule has 0 spiro atoms. The molecule has 3 rings (SSSR count). The summed E-state index contributed by atoms with van der Waals surface area (Å²) in [5, 5.41) is 0. The van der Waals surface area contributed by atoms with Crippen molar-refractivity contribution in [3.8, 4) is 11.5 Å². The highest BCUT2D eigenvalue weighted by Gasteiger charge is 2.13. The Labute approximate surface area is 130 Å². The molecule has 2 aromatic carbocycles. The van der Waals surface area contributed by atoms with Crippen molar-refractivity contribution < 1.29 is 14.3 Å². The molecule has 0 aromatic heterocycles. The van der Waals surface area contributed by atoms with Crippen molar-refractivity contribution >= 4 is 5.97 Å². The van der Waals surface area contributed by atoms with Gasteiger partial charge in [0.15, 0.2) is 0 Å². The van der Waals surface area contributed by atoms with Gasteiger partial charge < -0.3 is 9.47 Å². The number of fused-ring (bicyclic) bond motifs is 1. The smallest absolute Gasteiger partial charge is 0.343 e. The van der Waals surface area contributed by atoms with E-state index in [9.17, 15) is 4.79 Å². The van der Waals surface area contributed by atoms with E-state index in [1.807, 2.05) is 25.1 Å². The standard InChI is InChI=1S/C19H20O3/c1-2-21-17-9-5-8-16(13-17)19(20)22-18-11-10-14-6-3-4-7-15(14)12-18/h5,8-13H,2-4,6-7H2,1H3. The normalized spacial score (nSPS) is 13.3. The van der Waals surface area contributed by atoms with E-state index < -0.39 is 0 Å². The maximum Gasteiger partial charge on any atom is 0.343 e. The lowest BCUT2D eigenvalue weighted by atomic mass is 9.92. The van der Waals surface area contributed by atoms with Crippen LogP contribution in [0.1, 0.15) is 41.3 Å². The van der Waals surface area contributed by atoms with E-state index in [0.29, 0.717) is 23.7 Å². The van der Waals surface area contributed by atoms with Gasteiger partial charge >= 0.3 is 5.97 Å². The second kappa shape index (κ2) is 6.65. The van der Waals surface area contributed by atoms with Gasteiger partial charge in [0.1, 0.15) is 11.5 Å². The van der Waals surface area contributed by atoms with Gasteiger partial charge in [-0.15, -0.1) is 0 Å². The molecule has 0 bridgehead atoms. The lowest BCUT2D eigenvalue weighted by Crippen LogP contribution is -2.10. The first-order chi connectivity index (χ1) is 10.8. The molecule has 3 heteroatoms. The topological polar surface area (TPSA) is 35.5 Å². The third kappa shape index (κ3) is 3.30. The molecule has 0 heterocycles. The molecule has 0 radical (unpaired) electrons. The molecular formula is C19H20O3. The average molecular weight is 296 g/mol. The van der Waals surface area contributed by atoms with Gasteiger partial charge in [-0.3, -0.25) is 0 Å². The summed E-state index contributed by atoms with van der Waals surface area (Å²) in [7, 11) is 0. The van der Waals surface area contributed by atoms with Crippen LogP contribution in [0.3, 0.4) is 0 Å². The van der Waals surface area contributed by atoms with Crippen LogP contribution in [0.5, 0.6) is 11.5 Å². The van der Waals surface area contributed by atoms with Gasteiger partial charge in [0.2, 0.25) is 0 Å². The predicted molar refractivity (Wildman–Crippen MR) is 85.7 cm³/mol. The first-order valence-electron chi connectivity index (χ1n) is 7.83. The SMILES string of the molecule is CCOc1cccc(C(=O)Oc2ccc3c(c2)CCCC3)c1. The maximum absolute atomic E-state index is 12.3. The van der Waals surface area contributed by atoms with Crippen LogP contribution >= 0.6 is 0 Å². The molecule has 0 unspecified atom stereocenters. The van der Waals surface area contributed by atoms with Gasteiger partial charge in [0, 0.05) is 0 Å². The van der Waals surface area contributed by atoms with Crippen LogP contribution in [0.25, 0.3) is 0 Å². The molecule has 0 saturated heterocycles. The third-order valence-electron chi connectivity index (χ3n) is 3.91. The summed E-state index contributed by atoms with van der Waals surface area (Å²) in [6, 6.07) is 13.0. The summed E-state index contributed by atoms with van der Waals surface area (Å²) >= 11 is 0. The van der Waals surface area contributed by atoms with Crippen LogP contribution < -0.4 is 9.47 Å². The molecule has 0 saturated carbocycles. The minimum atomic E-state index is -0.350. The van der Waals surface area contributed by atoms with E-state index in [-0.39, 0.29) is 5.97 Å². The molecule has 0 N–H and O–H groups in total. The molecule has 2 aromatic rings. The van der Waals surface area contributed by atoms with Gasteiger partial charge in [-0.25, -0.2) is 4.79 Å². The number of carbonyl (C=O) groups is 1. The second-order valence-corrected chi connectivity index (χ2v) is 5.49. The Bertz CT molecular complexity index is 676. The quantitative estimate of drug-likeness (QED) is 0.627. The van der Waals surface area contributed by atoms with Crippen LogP contribution in [0.4, 0.5) is 0 Å². The Morgan fingerprint density at radius 3 is 2.64 bits per heavy atom. The number of esters is 1. The summed E-state index contributed by atoms with van der Waals surface area (Å²) in [6.45, 7) is 2.49. The third-order valence-corrected chi connectivity index (χ3v) is 3.91. The summed E-state index contributed by atoms with van der Waals surface area (Å²) in [5.41, 5.74) is 3.19. The van der Waals surface area contributed by atoms with E-state index >= 15 is 0 Å². The Balaban J connectivity index is 1.75. The minimum absolute atomic E-state index is 0.350. The number of benzene rings is 2. The van der Waals surface area contributed by atoms with Crippen molar-refractivity contribution in [3.63, 3.8) is 0 Å². The first-order valence-corrected chi connectivity index (χ1v) is 7.83. The largest absolute Gasteiger partial charge is 0.494 e. The zero-order valence-electron chi connectivity index (χ0n) is 12.8. The van der Waals surface area contributed by atoms with Gasteiger partial charge in [-0.2, -0.15) is 0 Å². The molecular weight excluding hydrogens is 276 g/mol. The highest BCUT2D eigenvalue weighted by Crippen LogP contribution is 2.26. The van der Waals surface area contributed by atoms with Crippen molar-refractivity contribution in [2.75, 3.05) is 6.61 Å². The molecule has 114 valence electrons. The second-order valence-electron chi connectivity index (χ2n) is 5.49. The number of rotatable bonds is 4. The fraction of sp³-hybridized carbons (Fsp3) is 0.316. The number of ether oxygens (including phenoxy) is 2. The maximum atomic E-state index is 12.3.